The van der Waals surface area contributed by atoms with Gasteiger partial charge in [0.2, 0.25) is 11.9 Å². The summed E-state index contributed by atoms with van der Waals surface area (Å²) in [5, 5.41) is 3.19. The standard InChI is InChI=1S/C23H26N6O2/c1-15-13-16(2)26-23(25-15)28-20-14-17(3)24-22(27-20)19-8-4-5-11-29(19)21(30)10-9-18-7-6-12-31-18/h6-7,9-10,12-14,19H,4-5,8,11H2,1-3H3,(H,24,25,26,27,28)/b10-9+. The van der Waals surface area contributed by atoms with Crippen LogP contribution >= 0.6 is 0 Å². The molecule has 0 bridgehead atoms. The third kappa shape index (κ3) is 5.14. The lowest BCUT2D eigenvalue weighted by Crippen LogP contribution is -2.38. The van der Waals surface area contributed by atoms with Gasteiger partial charge in [-0.2, -0.15) is 0 Å². The van der Waals surface area contributed by atoms with Crippen molar-refractivity contribution in [2.45, 2.75) is 46.1 Å². The highest BCUT2D eigenvalue weighted by atomic mass is 16.3. The summed E-state index contributed by atoms with van der Waals surface area (Å²) in [6.45, 7) is 6.45. The van der Waals surface area contributed by atoms with Gasteiger partial charge < -0.3 is 14.6 Å². The Morgan fingerprint density at radius 2 is 1.87 bits per heavy atom. The Kier molecular flexibility index (Phi) is 6.06. The van der Waals surface area contributed by atoms with Crippen molar-refractivity contribution in [3.05, 3.63) is 65.3 Å². The number of hydrogen-bond donors (Lipinski definition) is 1. The largest absolute Gasteiger partial charge is 0.465 e. The maximum Gasteiger partial charge on any atom is 0.247 e. The first-order valence-electron chi connectivity index (χ1n) is 10.4. The zero-order valence-electron chi connectivity index (χ0n) is 18.0. The van der Waals surface area contributed by atoms with Gasteiger partial charge >= 0.3 is 0 Å². The second-order valence-electron chi connectivity index (χ2n) is 7.74. The molecule has 4 rings (SSSR count). The second-order valence-corrected chi connectivity index (χ2v) is 7.74. The third-order valence-electron chi connectivity index (χ3n) is 5.11. The SMILES string of the molecule is Cc1cc(C)nc(Nc2cc(C)nc(C3CCCCN3C(=O)/C=C/c3ccco3)n2)n1. The highest BCUT2D eigenvalue weighted by molar-refractivity contribution is 5.91. The van der Waals surface area contributed by atoms with E-state index in [4.69, 9.17) is 9.40 Å². The molecular formula is C23H26N6O2. The van der Waals surface area contributed by atoms with Crippen LogP contribution in [-0.4, -0.2) is 37.3 Å². The summed E-state index contributed by atoms with van der Waals surface area (Å²) >= 11 is 0. The number of amides is 1. The molecule has 0 aliphatic carbocycles. The Bertz CT molecular complexity index is 1070. The molecule has 1 saturated heterocycles. The monoisotopic (exact) mass is 418 g/mol. The molecule has 1 amide bonds. The van der Waals surface area contributed by atoms with E-state index in [1.54, 1.807) is 24.5 Å². The zero-order chi connectivity index (χ0) is 21.8. The number of anilines is 2. The van der Waals surface area contributed by atoms with Crippen LogP contribution in [0.1, 0.15) is 54.0 Å². The van der Waals surface area contributed by atoms with E-state index in [2.05, 4.69) is 20.3 Å². The quantitative estimate of drug-likeness (QED) is 0.617. The van der Waals surface area contributed by atoms with Crippen molar-refractivity contribution in [1.29, 1.82) is 0 Å². The summed E-state index contributed by atoms with van der Waals surface area (Å²) in [5.41, 5.74) is 2.59. The maximum absolute atomic E-state index is 12.9. The average molecular weight is 419 g/mol. The summed E-state index contributed by atoms with van der Waals surface area (Å²) in [5.74, 6) is 2.33. The van der Waals surface area contributed by atoms with E-state index in [-0.39, 0.29) is 11.9 Å². The maximum atomic E-state index is 12.9. The topological polar surface area (TPSA) is 97.0 Å². The van der Waals surface area contributed by atoms with Gasteiger partial charge in [-0.05, 0) is 64.3 Å². The number of piperidine rings is 1. The van der Waals surface area contributed by atoms with Gasteiger partial charge in [0.25, 0.3) is 0 Å². The Hall–Kier alpha value is -3.55. The highest BCUT2D eigenvalue weighted by Crippen LogP contribution is 2.30. The summed E-state index contributed by atoms with van der Waals surface area (Å²) in [4.78, 5) is 33.0. The number of furan rings is 1. The lowest BCUT2D eigenvalue weighted by Gasteiger charge is -2.34. The van der Waals surface area contributed by atoms with Crippen LogP contribution in [0.25, 0.3) is 6.08 Å². The van der Waals surface area contributed by atoms with Gasteiger partial charge in [0.15, 0.2) is 5.82 Å². The number of aryl methyl sites for hydroxylation is 3. The highest BCUT2D eigenvalue weighted by Gasteiger charge is 2.29. The van der Waals surface area contributed by atoms with Crippen molar-refractivity contribution in [1.82, 2.24) is 24.8 Å². The van der Waals surface area contributed by atoms with Crippen LogP contribution in [0.2, 0.25) is 0 Å². The van der Waals surface area contributed by atoms with Crippen LogP contribution in [-0.2, 0) is 4.79 Å². The minimum Gasteiger partial charge on any atom is -0.465 e. The summed E-state index contributed by atoms with van der Waals surface area (Å²) < 4.78 is 5.29. The fourth-order valence-electron chi connectivity index (χ4n) is 3.80. The lowest BCUT2D eigenvalue weighted by atomic mass is 10.0. The number of aromatic nitrogens is 4. The Balaban J connectivity index is 1.58. The van der Waals surface area contributed by atoms with Gasteiger partial charge in [0.05, 0.1) is 12.3 Å². The molecule has 1 atom stereocenters. The summed E-state index contributed by atoms with van der Waals surface area (Å²) in [6.07, 6.45) is 7.64. The first-order chi connectivity index (χ1) is 15.0. The molecule has 0 radical (unpaired) electrons. The van der Waals surface area contributed by atoms with Gasteiger partial charge in [0, 0.05) is 35.8 Å². The minimum atomic E-state index is -0.178. The van der Waals surface area contributed by atoms with Crippen LogP contribution in [0.3, 0.4) is 0 Å². The van der Waals surface area contributed by atoms with E-state index in [9.17, 15) is 4.79 Å². The van der Waals surface area contributed by atoms with Crippen molar-refractivity contribution in [2.75, 3.05) is 11.9 Å². The van der Waals surface area contributed by atoms with E-state index in [1.807, 2.05) is 43.9 Å². The molecule has 0 saturated carbocycles. The Labute approximate surface area is 181 Å². The number of hydrogen-bond acceptors (Lipinski definition) is 7. The van der Waals surface area contributed by atoms with Crippen molar-refractivity contribution in [2.24, 2.45) is 0 Å². The molecule has 8 heteroatoms. The smallest absolute Gasteiger partial charge is 0.247 e. The van der Waals surface area contributed by atoms with E-state index < -0.39 is 0 Å². The number of nitrogens with one attached hydrogen (secondary N) is 1. The van der Waals surface area contributed by atoms with Gasteiger partial charge in [-0.15, -0.1) is 0 Å². The van der Waals surface area contributed by atoms with Crippen LogP contribution in [0.15, 0.2) is 41.0 Å². The molecule has 4 heterocycles. The normalized spacial score (nSPS) is 16.6. The van der Waals surface area contributed by atoms with Crippen molar-refractivity contribution in [3.63, 3.8) is 0 Å². The van der Waals surface area contributed by atoms with Gasteiger partial charge in [0.1, 0.15) is 11.6 Å². The molecule has 1 aliphatic heterocycles. The van der Waals surface area contributed by atoms with Crippen LogP contribution in [0.4, 0.5) is 11.8 Å². The van der Waals surface area contributed by atoms with E-state index >= 15 is 0 Å². The molecule has 3 aromatic heterocycles. The number of carbonyl (C=O) groups excluding carboxylic acids is 1. The number of nitrogens with zero attached hydrogens (tertiary/aromatic N) is 5. The third-order valence-corrected chi connectivity index (χ3v) is 5.11. The van der Waals surface area contributed by atoms with Crippen LogP contribution < -0.4 is 5.32 Å². The Morgan fingerprint density at radius 3 is 2.61 bits per heavy atom. The van der Waals surface area contributed by atoms with E-state index in [1.165, 1.54) is 0 Å². The molecule has 31 heavy (non-hydrogen) atoms. The Morgan fingerprint density at radius 1 is 1.10 bits per heavy atom. The lowest BCUT2D eigenvalue weighted by molar-refractivity contribution is -0.129. The van der Waals surface area contributed by atoms with Crippen molar-refractivity contribution < 1.29 is 9.21 Å². The molecule has 1 fully saturated rings. The first kappa shape index (κ1) is 20.7. The first-order valence-corrected chi connectivity index (χ1v) is 10.4. The van der Waals surface area contributed by atoms with Crippen LogP contribution in [0.5, 0.6) is 0 Å². The molecule has 1 N–H and O–H groups in total. The van der Waals surface area contributed by atoms with E-state index in [0.717, 1.165) is 36.3 Å². The van der Waals surface area contributed by atoms with Crippen molar-refractivity contribution >= 4 is 23.7 Å². The molecule has 8 nitrogen and oxygen atoms in total. The second kappa shape index (κ2) is 9.07. The zero-order valence-corrected chi connectivity index (χ0v) is 18.0. The van der Waals surface area contributed by atoms with Gasteiger partial charge in [-0.3, -0.25) is 4.79 Å². The number of rotatable bonds is 5. The molecule has 3 aromatic rings. The molecule has 1 unspecified atom stereocenters. The molecule has 0 aromatic carbocycles. The average Bonchev–Trinajstić information content (AvgIpc) is 3.24. The van der Waals surface area contributed by atoms with Gasteiger partial charge in [-0.25, -0.2) is 19.9 Å². The molecule has 1 aliphatic rings. The molecular weight excluding hydrogens is 392 g/mol. The molecule has 0 spiro atoms. The number of likely N-dealkylation sites (tertiary alicyclic amines) is 1. The predicted molar refractivity (Wildman–Crippen MR) is 118 cm³/mol. The van der Waals surface area contributed by atoms with E-state index in [0.29, 0.717) is 29.9 Å². The summed E-state index contributed by atoms with van der Waals surface area (Å²) in [7, 11) is 0. The number of carbonyl (C=O) groups is 1. The fourth-order valence-corrected chi connectivity index (χ4v) is 3.80. The van der Waals surface area contributed by atoms with Crippen molar-refractivity contribution in [3.8, 4) is 0 Å². The fraction of sp³-hybridized carbons (Fsp3) is 0.348. The molecule has 160 valence electrons. The predicted octanol–water partition coefficient (Wildman–Crippen LogP) is 4.30. The van der Waals surface area contributed by atoms with Gasteiger partial charge in [-0.1, -0.05) is 0 Å². The summed E-state index contributed by atoms with van der Waals surface area (Å²) in [6, 6.07) is 7.21. The minimum absolute atomic E-state index is 0.0710. The van der Waals surface area contributed by atoms with Crippen LogP contribution in [0, 0.1) is 20.8 Å².